The van der Waals surface area contributed by atoms with Crippen molar-refractivity contribution in [1.29, 1.82) is 0 Å². The number of hydrogen-bond acceptors (Lipinski definition) is 5. The minimum Gasteiger partial charge on any atom is -0.385 e. The average molecular weight is 252 g/mol. The van der Waals surface area contributed by atoms with E-state index in [2.05, 4.69) is 9.98 Å². The van der Waals surface area contributed by atoms with Crippen molar-refractivity contribution >= 4 is 11.7 Å². The summed E-state index contributed by atoms with van der Waals surface area (Å²) in [7, 11) is 0. The number of amidine groups is 1. The normalized spacial score (nSPS) is 23.5. The summed E-state index contributed by atoms with van der Waals surface area (Å²) >= 11 is 0. The molecular weight excluding hydrogens is 239 g/mol. The summed E-state index contributed by atoms with van der Waals surface area (Å²) in [6.07, 6.45) is 1.38. The van der Waals surface area contributed by atoms with Gasteiger partial charge in [0.15, 0.2) is 0 Å². The van der Waals surface area contributed by atoms with Gasteiger partial charge in [-0.3, -0.25) is 14.8 Å². The number of nitrogens with two attached hydrogens (primary N) is 2. The highest BCUT2D eigenvalue weighted by atomic mass is 19.1. The Morgan fingerprint density at radius 2 is 2.39 bits per heavy atom. The van der Waals surface area contributed by atoms with Gasteiger partial charge >= 0.3 is 0 Å². The molecule has 1 aliphatic heterocycles. The highest BCUT2D eigenvalue weighted by Gasteiger charge is 2.36. The van der Waals surface area contributed by atoms with Crippen molar-refractivity contribution in [2.45, 2.75) is 5.54 Å². The molecule has 0 saturated carbocycles. The predicted octanol–water partition coefficient (Wildman–Crippen LogP) is -0.267. The zero-order valence-electron chi connectivity index (χ0n) is 9.60. The van der Waals surface area contributed by atoms with E-state index in [1.165, 1.54) is 12.3 Å². The summed E-state index contributed by atoms with van der Waals surface area (Å²) < 4.78 is 18.6. The van der Waals surface area contributed by atoms with Gasteiger partial charge in [0.25, 0.3) is 5.91 Å². The van der Waals surface area contributed by atoms with Gasteiger partial charge in [-0.15, -0.1) is 0 Å². The summed E-state index contributed by atoms with van der Waals surface area (Å²) in [6, 6.07) is 2.98. The Morgan fingerprint density at radius 1 is 1.61 bits per heavy atom. The van der Waals surface area contributed by atoms with Crippen LogP contribution in [0, 0.1) is 0 Å². The lowest BCUT2D eigenvalue weighted by Gasteiger charge is -2.31. The quantitative estimate of drug-likeness (QED) is 0.772. The molecule has 18 heavy (non-hydrogen) atoms. The van der Waals surface area contributed by atoms with Crippen molar-refractivity contribution in [3.63, 3.8) is 0 Å². The molecule has 0 radical (unpaired) electrons. The third-order valence-electron chi connectivity index (χ3n) is 2.72. The first kappa shape index (κ1) is 12.4. The van der Waals surface area contributed by atoms with E-state index in [0.717, 1.165) is 0 Å². The van der Waals surface area contributed by atoms with Crippen molar-refractivity contribution in [1.82, 2.24) is 4.98 Å². The molecule has 1 amide bonds. The van der Waals surface area contributed by atoms with E-state index < -0.39 is 18.1 Å². The Hall–Kier alpha value is -2.02. The first-order valence-corrected chi connectivity index (χ1v) is 5.32. The highest BCUT2D eigenvalue weighted by Crippen LogP contribution is 2.29. The van der Waals surface area contributed by atoms with Crippen molar-refractivity contribution in [3.8, 4) is 0 Å². The monoisotopic (exact) mass is 252 g/mol. The topological polar surface area (TPSA) is 104 Å². The minimum atomic E-state index is -1.21. The lowest BCUT2D eigenvalue weighted by Crippen LogP contribution is -2.41. The van der Waals surface area contributed by atoms with Crippen LogP contribution < -0.4 is 11.5 Å². The molecule has 0 aliphatic carbocycles. The van der Waals surface area contributed by atoms with Crippen LogP contribution in [0.2, 0.25) is 0 Å². The number of amides is 1. The second kappa shape index (κ2) is 4.69. The molecule has 7 heteroatoms. The fourth-order valence-corrected chi connectivity index (χ4v) is 1.81. The SMILES string of the molecule is NC(=O)c1cc(C2(CF)COCC(N)=N2)ccn1. The molecule has 1 aromatic rings. The third kappa shape index (κ3) is 2.17. The molecule has 0 aromatic carbocycles. The Morgan fingerprint density at radius 3 is 3.00 bits per heavy atom. The van der Waals surface area contributed by atoms with Gasteiger partial charge in [-0.2, -0.15) is 0 Å². The van der Waals surface area contributed by atoms with E-state index in [1.54, 1.807) is 6.07 Å². The summed E-state index contributed by atoms with van der Waals surface area (Å²) in [4.78, 5) is 19.0. The smallest absolute Gasteiger partial charge is 0.267 e. The molecule has 6 nitrogen and oxygen atoms in total. The van der Waals surface area contributed by atoms with Crippen LogP contribution in [-0.2, 0) is 10.3 Å². The van der Waals surface area contributed by atoms with E-state index >= 15 is 0 Å². The van der Waals surface area contributed by atoms with E-state index in [4.69, 9.17) is 16.2 Å². The molecule has 2 heterocycles. The molecule has 1 unspecified atom stereocenters. The van der Waals surface area contributed by atoms with Crippen LogP contribution in [-0.4, -0.2) is 36.6 Å². The number of hydrogen-bond donors (Lipinski definition) is 2. The zero-order chi connectivity index (χ0) is 13.2. The maximum atomic E-state index is 13.3. The van der Waals surface area contributed by atoms with Gasteiger partial charge in [0.05, 0.1) is 6.61 Å². The Bertz CT molecular complexity index is 506. The van der Waals surface area contributed by atoms with Crippen molar-refractivity contribution < 1.29 is 13.9 Å². The molecule has 0 saturated heterocycles. The molecule has 0 bridgehead atoms. The standard InChI is InChI=1S/C11H13FN4O2/c12-5-11(6-18-4-9(13)16-11)7-1-2-15-8(3-7)10(14)17/h1-3H,4-6H2,(H2,13,16)(H2,14,17). The fraction of sp³-hybridized carbons (Fsp3) is 0.364. The molecule has 1 aromatic heterocycles. The Kier molecular flexibility index (Phi) is 3.24. The van der Waals surface area contributed by atoms with Gasteiger partial charge in [0.1, 0.15) is 30.3 Å². The maximum absolute atomic E-state index is 13.3. The van der Waals surface area contributed by atoms with Crippen LogP contribution >= 0.6 is 0 Å². The van der Waals surface area contributed by atoms with Gasteiger partial charge < -0.3 is 16.2 Å². The van der Waals surface area contributed by atoms with Crippen LogP contribution in [0.25, 0.3) is 0 Å². The first-order chi connectivity index (χ1) is 8.57. The van der Waals surface area contributed by atoms with E-state index in [0.29, 0.717) is 5.56 Å². The molecule has 1 atom stereocenters. The van der Waals surface area contributed by atoms with Gasteiger partial charge in [-0.25, -0.2) is 4.39 Å². The number of alkyl halides is 1. The Labute approximate surface area is 103 Å². The number of carbonyl (C=O) groups is 1. The molecule has 0 fully saturated rings. The van der Waals surface area contributed by atoms with Crippen molar-refractivity contribution in [2.24, 2.45) is 16.5 Å². The van der Waals surface area contributed by atoms with Crippen LogP contribution in [0.15, 0.2) is 23.3 Å². The number of primary amides is 1. The number of ether oxygens (including phenoxy) is 1. The third-order valence-corrected chi connectivity index (χ3v) is 2.72. The highest BCUT2D eigenvalue weighted by molar-refractivity contribution is 5.91. The molecule has 96 valence electrons. The van der Waals surface area contributed by atoms with Crippen LogP contribution in [0.5, 0.6) is 0 Å². The lowest BCUT2D eigenvalue weighted by atomic mass is 9.92. The fourth-order valence-electron chi connectivity index (χ4n) is 1.81. The number of pyridine rings is 1. The van der Waals surface area contributed by atoms with Gasteiger partial charge in [-0.1, -0.05) is 0 Å². The van der Waals surface area contributed by atoms with E-state index in [-0.39, 0.29) is 24.7 Å². The van der Waals surface area contributed by atoms with E-state index in [1.807, 2.05) is 0 Å². The summed E-state index contributed by atoms with van der Waals surface area (Å²) in [5.74, 6) is -0.462. The van der Waals surface area contributed by atoms with Crippen LogP contribution in [0.4, 0.5) is 4.39 Å². The van der Waals surface area contributed by atoms with Crippen LogP contribution in [0.1, 0.15) is 16.1 Å². The first-order valence-electron chi connectivity index (χ1n) is 5.32. The van der Waals surface area contributed by atoms with Crippen molar-refractivity contribution in [2.75, 3.05) is 19.9 Å². The summed E-state index contributed by atoms with van der Waals surface area (Å²) in [5, 5.41) is 0. The van der Waals surface area contributed by atoms with Crippen LogP contribution in [0.3, 0.4) is 0 Å². The van der Waals surface area contributed by atoms with Gasteiger partial charge in [0, 0.05) is 6.20 Å². The Balaban J connectivity index is 2.47. The molecule has 1 aliphatic rings. The zero-order valence-corrected chi connectivity index (χ0v) is 9.60. The summed E-state index contributed by atoms with van der Waals surface area (Å²) in [6.45, 7) is -0.544. The largest absolute Gasteiger partial charge is 0.385 e. The number of carbonyl (C=O) groups excluding carboxylic acids is 1. The molecule has 2 rings (SSSR count). The predicted molar refractivity (Wildman–Crippen MR) is 62.8 cm³/mol. The maximum Gasteiger partial charge on any atom is 0.267 e. The number of nitrogens with zero attached hydrogens (tertiary/aromatic N) is 2. The molecular formula is C11H13FN4O2. The molecule has 0 spiro atoms. The van der Waals surface area contributed by atoms with Crippen molar-refractivity contribution in [3.05, 3.63) is 29.6 Å². The number of aromatic nitrogens is 1. The summed E-state index contributed by atoms with van der Waals surface area (Å²) in [5.41, 5.74) is 10.0. The minimum absolute atomic E-state index is 0.0552. The van der Waals surface area contributed by atoms with E-state index in [9.17, 15) is 9.18 Å². The lowest BCUT2D eigenvalue weighted by molar-refractivity contribution is 0.0825. The average Bonchev–Trinajstić information content (AvgIpc) is 2.38. The number of halogens is 1. The second-order valence-electron chi connectivity index (χ2n) is 4.06. The van der Waals surface area contributed by atoms with Gasteiger partial charge in [-0.05, 0) is 17.7 Å². The number of aliphatic imine (C=N–C) groups is 1. The number of rotatable bonds is 3. The molecule has 4 N–H and O–H groups in total. The van der Waals surface area contributed by atoms with Gasteiger partial charge in [0.2, 0.25) is 0 Å². The second-order valence-corrected chi connectivity index (χ2v) is 4.06.